The van der Waals surface area contributed by atoms with Gasteiger partial charge in [-0.25, -0.2) is 4.79 Å². The molecule has 0 atom stereocenters. The number of carbonyl (C=O) groups excluding carboxylic acids is 4. The van der Waals surface area contributed by atoms with E-state index in [2.05, 4.69) is 10.6 Å². The number of methoxy groups -OCH3 is 1. The molecule has 3 amide bonds. The Morgan fingerprint density at radius 2 is 1.86 bits per heavy atom. The Hall–Kier alpha value is -3.11. The maximum atomic E-state index is 12.3. The summed E-state index contributed by atoms with van der Waals surface area (Å²) in [5.74, 6) is -2.39. The highest BCUT2D eigenvalue weighted by Crippen LogP contribution is 2.23. The molecule has 0 aliphatic carbocycles. The fourth-order valence-electron chi connectivity index (χ4n) is 2.09. The predicted molar refractivity (Wildman–Crippen MR) is 104 cm³/mol. The molecule has 0 fully saturated rings. The van der Waals surface area contributed by atoms with Crippen LogP contribution in [0.2, 0.25) is 0 Å². The first-order valence-electron chi connectivity index (χ1n) is 8.53. The van der Waals surface area contributed by atoms with Crippen LogP contribution in [-0.2, 0) is 19.1 Å². The Bertz CT molecular complexity index is 852. The number of hydrogen-bond donors (Lipinski definition) is 2. The Kier molecular flexibility index (Phi) is 8.93. The molecule has 0 spiro atoms. The first-order chi connectivity index (χ1) is 14.0. The second-order valence-electron chi connectivity index (χ2n) is 5.56. The van der Waals surface area contributed by atoms with Gasteiger partial charge in [0.2, 0.25) is 5.91 Å². The van der Waals surface area contributed by atoms with Crippen molar-refractivity contribution in [3.05, 3.63) is 54.0 Å². The van der Waals surface area contributed by atoms with Gasteiger partial charge in [0.1, 0.15) is 0 Å². The Balaban J connectivity index is 1.84. The highest BCUT2D eigenvalue weighted by atomic mass is 32.2. The van der Waals surface area contributed by atoms with Gasteiger partial charge < -0.3 is 19.2 Å². The summed E-state index contributed by atoms with van der Waals surface area (Å²) < 4.78 is 14.7. The first kappa shape index (κ1) is 22.2. The minimum Gasteiger partial charge on any atom is -0.459 e. The molecule has 0 aliphatic heterocycles. The smallest absolute Gasteiger partial charge is 0.339 e. The zero-order chi connectivity index (χ0) is 21.1. The van der Waals surface area contributed by atoms with E-state index in [-0.39, 0.29) is 23.0 Å². The number of hydrogen-bond acceptors (Lipinski definition) is 8. The van der Waals surface area contributed by atoms with Crippen molar-refractivity contribution in [3.8, 4) is 0 Å². The van der Waals surface area contributed by atoms with E-state index in [4.69, 9.17) is 13.9 Å². The molecule has 2 aromatic rings. The van der Waals surface area contributed by atoms with Gasteiger partial charge in [0.05, 0.1) is 24.2 Å². The summed E-state index contributed by atoms with van der Waals surface area (Å²) in [6.45, 7) is 0.164. The molecule has 0 unspecified atom stereocenters. The van der Waals surface area contributed by atoms with Crippen LogP contribution in [0, 0.1) is 0 Å². The molecule has 9 nitrogen and oxygen atoms in total. The lowest BCUT2D eigenvalue weighted by Gasteiger charge is -2.09. The number of ether oxygens (including phenoxy) is 2. The molecule has 0 aliphatic rings. The quantitative estimate of drug-likeness (QED) is 0.334. The van der Waals surface area contributed by atoms with Gasteiger partial charge in [0, 0.05) is 18.6 Å². The molecule has 2 N–H and O–H groups in total. The maximum absolute atomic E-state index is 12.3. The monoisotopic (exact) mass is 420 g/mol. The van der Waals surface area contributed by atoms with Crippen LogP contribution >= 0.6 is 11.8 Å². The van der Waals surface area contributed by atoms with E-state index in [0.29, 0.717) is 18.0 Å². The fraction of sp³-hybridized carbons (Fsp3) is 0.263. The van der Waals surface area contributed by atoms with E-state index >= 15 is 0 Å². The summed E-state index contributed by atoms with van der Waals surface area (Å²) in [5, 5.41) is 4.73. The molecular formula is C19H20N2O7S. The third-order valence-electron chi connectivity index (χ3n) is 3.43. The van der Waals surface area contributed by atoms with Crippen LogP contribution in [0.15, 0.2) is 52.0 Å². The number of amides is 3. The van der Waals surface area contributed by atoms with Gasteiger partial charge in [-0.1, -0.05) is 12.1 Å². The van der Waals surface area contributed by atoms with E-state index in [1.54, 1.807) is 18.2 Å². The molecule has 10 heteroatoms. The van der Waals surface area contributed by atoms with Crippen LogP contribution in [0.1, 0.15) is 20.9 Å². The molecule has 29 heavy (non-hydrogen) atoms. The number of thioether (sulfide) groups is 1. The average molecular weight is 420 g/mol. The van der Waals surface area contributed by atoms with E-state index in [0.717, 1.165) is 11.8 Å². The topological polar surface area (TPSA) is 124 Å². The zero-order valence-electron chi connectivity index (χ0n) is 15.6. The van der Waals surface area contributed by atoms with Crippen molar-refractivity contribution in [1.82, 2.24) is 10.6 Å². The van der Waals surface area contributed by atoms with E-state index < -0.39 is 24.4 Å². The number of furan rings is 1. The van der Waals surface area contributed by atoms with Gasteiger partial charge in [-0.3, -0.25) is 19.7 Å². The van der Waals surface area contributed by atoms with E-state index in [1.807, 2.05) is 0 Å². The van der Waals surface area contributed by atoms with Crippen molar-refractivity contribution in [3.63, 3.8) is 0 Å². The van der Waals surface area contributed by atoms with Crippen molar-refractivity contribution in [2.45, 2.75) is 4.90 Å². The van der Waals surface area contributed by atoms with E-state index in [9.17, 15) is 19.2 Å². The number of esters is 1. The van der Waals surface area contributed by atoms with E-state index in [1.165, 1.54) is 31.6 Å². The normalized spacial score (nSPS) is 10.2. The molecule has 0 radical (unpaired) electrons. The van der Waals surface area contributed by atoms with Crippen molar-refractivity contribution in [2.75, 3.05) is 32.6 Å². The number of imide groups is 1. The molecule has 1 heterocycles. The molecule has 2 rings (SSSR count). The van der Waals surface area contributed by atoms with Crippen LogP contribution in [0.3, 0.4) is 0 Å². The lowest BCUT2D eigenvalue weighted by Crippen LogP contribution is -2.34. The van der Waals surface area contributed by atoms with Crippen molar-refractivity contribution >= 4 is 35.5 Å². The summed E-state index contributed by atoms with van der Waals surface area (Å²) in [6.07, 6.45) is 1.30. The van der Waals surface area contributed by atoms with Crippen LogP contribution in [0.4, 0.5) is 0 Å². The summed E-state index contributed by atoms with van der Waals surface area (Å²) in [4.78, 5) is 48.1. The largest absolute Gasteiger partial charge is 0.459 e. The molecule has 1 aromatic carbocycles. The molecule has 154 valence electrons. The number of rotatable bonds is 10. The lowest BCUT2D eigenvalue weighted by molar-refractivity contribution is -0.123. The summed E-state index contributed by atoms with van der Waals surface area (Å²) in [7, 11) is 1.54. The molecular weight excluding hydrogens is 400 g/mol. The fourth-order valence-corrected chi connectivity index (χ4v) is 2.96. The summed E-state index contributed by atoms with van der Waals surface area (Å²) in [5.41, 5.74) is 0.215. The molecule has 1 aromatic heterocycles. The van der Waals surface area contributed by atoms with Gasteiger partial charge in [-0.2, -0.15) is 0 Å². The first-order valence-corrected chi connectivity index (χ1v) is 9.52. The minimum absolute atomic E-state index is 0.0322. The molecule has 0 bridgehead atoms. The SMILES string of the molecule is COCCNC(=O)CSc1ccccc1C(=O)OCC(=O)NC(=O)c1ccco1. The second kappa shape index (κ2) is 11.7. The maximum Gasteiger partial charge on any atom is 0.339 e. The van der Waals surface area contributed by atoms with Crippen molar-refractivity contribution in [1.29, 1.82) is 0 Å². The predicted octanol–water partition coefficient (Wildman–Crippen LogP) is 1.25. The van der Waals surface area contributed by atoms with Gasteiger partial charge >= 0.3 is 5.97 Å². The van der Waals surface area contributed by atoms with Gasteiger partial charge in [-0.05, 0) is 24.3 Å². The van der Waals surface area contributed by atoms with Crippen molar-refractivity contribution < 1.29 is 33.1 Å². The molecule has 0 saturated carbocycles. The minimum atomic E-state index is -0.789. The summed E-state index contributed by atoms with van der Waals surface area (Å²) in [6, 6.07) is 9.46. The van der Waals surface area contributed by atoms with Gasteiger partial charge in [0.25, 0.3) is 11.8 Å². The Morgan fingerprint density at radius 1 is 1.07 bits per heavy atom. The van der Waals surface area contributed by atoms with Crippen molar-refractivity contribution in [2.24, 2.45) is 0 Å². The molecule has 0 saturated heterocycles. The highest BCUT2D eigenvalue weighted by Gasteiger charge is 2.17. The van der Waals surface area contributed by atoms with Crippen LogP contribution in [0.25, 0.3) is 0 Å². The number of carbonyl (C=O) groups is 4. The van der Waals surface area contributed by atoms with Gasteiger partial charge in [0.15, 0.2) is 12.4 Å². The van der Waals surface area contributed by atoms with Crippen LogP contribution in [-0.4, -0.2) is 56.3 Å². The number of benzene rings is 1. The average Bonchev–Trinajstić information content (AvgIpc) is 3.26. The third kappa shape index (κ3) is 7.43. The zero-order valence-corrected chi connectivity index (χ0v) is 16.5. The lowest BCUT2D eigenvalue weighted by atomic mass is 10.2. The Labute approximate surface area is 171 Å². The van der Waals surface area contributed by atoms with Gasteiger partial charge in [-0.15, -0.1) is 11.8 Å². The third-order valence-corrected chi connectivity index (χ3v) is 4.50. The Morgan fingerprint density at radius 3 is 2.59 bits per heavy atom. The highest BCUT2D eigenvalue weighted by molar-refractivity contribution is 8.00. The standard InChI is InChI=1S/C19H20N2O7S/c1-26-10-8-20-17(23)12-29-15-7-3-2-5-13(15)19(25)28-11-16(22)21-18(24)14-6-4-9-27-14/h2-7,9H,8,10-12H2,1H3,(H,20,23)(H,21,22,24). The van der Waals surface area contributed by atoms with Crippen LogP contribution in [0.5, 0.6) is 0 Å². The van der Waals surface area contributed by atoms with Crippen LogP contribution < -0.4 is 10.6 Å². The summed E-state index contributed by atoms with van der Waals surface area (Å²) >= 11 is 1.16. The second-order valence-corrected chi connectivity index (χ2v) is 6.58. The number of nitrogens with one attached hydrogen (secondary N) is 2.